The molecule has 0 spiro atoms. The molecule has 2 N–H and O–H groups in total. The molecule has 1 aromatic carbocycles. The van der Waals surface area contributed by atoms with E-state index in [2.05, 4.69) is 11.0 Å². The third kappa shape index (κ3) is 2.31. The van der Waals surface area contributed by atoms with Crippen LogP contribution in [0.3, 0.4) is 0 Å². The zero-order chi connectivity index (χ0) is 11.4. The molecule has 2 rings (SSSR count). The summed E-state index contributed by atoms with van der Waals surface area (Å²) in [4.78, 5) is 2.34. The van der Waals surface area contributed by atoms with Crippen molar-refractivity contribution >= 4 is 17.4 Å². The van der Waals surface area contributed by atoms with Crippen molar-refractivity contribution in [1.29, 1.82) is 5.26 Å². The summed E-state index contributed by atoms with van der Waals surface area (Å²) in [6.07, 6.45) is 0. The van der Waals surface area contributed by atoms with Crippen molar-refractivity contribution in [3.05, 3.63) is 29.8 Å². The lowest BCUT2D eigenvalue weighted by Crippen LogP contribution is -2.46. The number of rotatable bonds is 2. The highest BCUT2D eigenvalue weighted by Gasteiger charge is 2.21. The van der Waals surface area contributed by atoms with Crippen LogP contribution in [-0.4, -0.2) is 30.6 Å². The van der Waals surface area contributed by atoms with E-state index in [-0.39, 0.29) is 0 Å². The highest BCUT2D eigenvalue weighted by Crippen LogP contribution is 2.23. The van der Waals surface area contributed by atoms with Gasteiger partial charge in [-0.25, -0.2) is 0 Å². The van der Waals surface area contributed by atoms with Gasteiger partial charge in [-0.05, 0) is 24.3 Å². The SMILES string of the molecule is N#Cc1ccc(N2CCSCC2CN)cc1. The minimum absolute atomic E-state index is 0.423. The average molecular weight is 233 g/mol. The Morgan fingerprint density at radius 3 is 2.81 bits per heavy atom. The Balaban J connectivity index is 2.18. The zero-order valence-electron chi connectivity index (χ0n) is 9.10. The third-order valence-electron chi connectivity index (χ3n) is 2.83. The number of anilines is 1. The first kappa shape index (κ1) is 11.3. The normalized spacial score (nSPS) is 20.5. The lowest BCUT2D eigenvalue weighted by Gasteiger charge is -2.36. The van der Waals surface area contributed by atoms with Crippen LogP contribution in [0.5, 0.6) is 0 Å². The topological polar surface area (TPSA) is 53.0 Å². The van der Waals surface area contributed by atoms with E-state index in [9.17, 15) is 0 Å². The molecular formula is C12H15N3S. The summed E-state index contributed by atoms with van der Waals surface area (Å²) in [6, 6.07) is 10.3. The molecule has 1 heterocycles. The van der Waals surface area contributed by atoms with E-state index in [0.717, 1.165) is 18.1 Å². The molecule has 0 aliphatic carbocycles. The van der Waals surface area contributed by atoms with E-state index in [4.69, 9.17) is 11.0 Å². The molecule has 84 valence electrons. The number of nitrogens with zero attached hydrogens (tertiary/aromatic N) is 2. The second-order valence-electron chi connectivity index (χ2n) is 3.82. The second-order valence-corrected chi connectivity index (χ2v) is 4.97. The van der Waals surface area contributed by atoms with Gasteiger partial charge in [0.05, 0.1) is 17.7 Å². The predicted molar refractivity (Wildman–Crippen MR) is 68.7 cm³/mol. The van der Waals surface area contributed by atoms with Crippen LogP contribution in [0.25, 0.3) is 0 Å². The first-order chi connectivity index (χ1) is 7.85. The Morgan fingerprint density at radius 1 is 1.44 bits per heavy atom. The molecule has 1 atom stereocenters. The van der Waals surface area contributed by atoms with Crippen molar-refractivity contribution in [2.24, 2.45) is 5.73 Å². The van der Waals surface area contributed by atoms with Crippen molar-refractivity contribution in [3.8, 4) is 6.07 Å². The quantitative estimate of drug-likeness (QED) is 0.840. The van der Waals surface area contributed by atoms with Gasteiger partial charge in [-0.1, -0.05) is 0 Å². The third-order valence-corrected chi connectivity index (χ3v) is 3.92. The Bertz CT molecular complexity index is 382. The maximum Gasteiger partial charge on any atom is 0.0991 e. The lowest BCUT2D eigenvalue weighted by molar-refractivity contribution is 0.655. The van der Waals surface area contributed by atoms with Gasteiger partial charge in [0.25, 0.3) is 0 Å². The first-order valence-corrected chi connectivity index (χ1v) is 6.55. The molecule has 1 aliphatic heterocycles. The van der Waals surface area contributed by atoms with Crippen LogP contribution in [0, 0.1) is 11.3 Å². The Labute approximate surface area is 100 Å². The summed E-state index contributed by atoms with van der Waals surface area (Å²) in [5, 5.41) is 8.75. The maximum atomic E-state index is 8.75. The molecule has 3 nitrogen and oxygen atoms in total. The van der Waals surface area contributed by atoms with Crippen LogP contribution in [0.1, 0.15) is 5.56 Å². The van der Waals surface area contributed by atoms with Crippen molar-refractivity contribution in [3.63, 3.8) is 0 Å². The summed E-state index contributed by atoms with van der Waals surface area (Å²) in [6.45, 7) is 1.73. The summed E-state index contributed by atoms with van der Waals surface area (Å²) in [5.41, 5.74) is 7.66. The first-order valence-electron chi connectivity index (χ1n) is 5.40. The molecule has 1 fully saturated rings. The number of nitrogens with two attached hydrogens (primary N) is 1. The lowest BCUT2D eigenvalue weighted by atomic mass is 10.1. The van der Waals surface area contributed by atoms with E-state index >= 15 is 0 Å². The van der Waals surface area contributed by atoms with Gasteiger partial charge in [0.15, 0.2) is 0 Å². The van der Waals surface area contributed by atoms with Crippen molar-refractivity contribution in [2.45, 2.75) is 6.04 Å². The van der Waals surface area contributed by atoms with Crippen LogP contribution in [0.4, 0.5) is 5.69 Å². The standard InChI is InChI=1S/C12H15N3S/c13-7-10-1-3-11(4-2-10)15-5-6-16-9-12(15)8-14/h1-4,12H,5-6,8-9,14H2. The molecule has 4 heteroatoms. The van der Waals surface area contributed by atoms with Crippen LogP contribution in [0.2, 0.25) is 0 Å². The van der Waals surface area contributed by atoms with Gasteiger partial charge in [-0.15, -0.1) is 0 Å². The average Bonchev–Trinajstić information content (AvgIpc) is 2.39. The van der Waals surface area contributed by atoms with Gasteiger partial charge in [0.1, 0.15) is 0 Å². The van der Waals surface area contributed by atoms with Crippen LogP contribution in [-0.2, 0) is 0 Å². The summed E-state index contributed by atoms with van der Waals surface area (Å²) >= 11 is 1.96. The van der Waals surface area contributed by atoms with Gasteiger partial charge in [0, 0.05) is 30.3 Å². The van der Waals surface area contributed by atoms with Crippen LogP contribution < -0.4 is 10.6 Å². The summed E-state index contributed by atoms with van der Waals surface area (Å²) < 4.78 is 0. The number of thioether (sulfide) groups is 1. The van der Waals surface area contributed by atoms with Gasteiger partial charge in [0.2, 0.25) is 0 Å². The summed E-state index contributed by atoms with van der Waals surface area (Å²) in [7, 11) is 0. The van der Waals surface area contributed by atoms with E-state index < -0.39 is 0 Å². The fourth-order valence-corrected chi connectivity index (χ4v) is 3.00. The molecule has 0 bridgehead atoms. The molecular weight excluding hydrogens is 218 g/mol. The highest BCUT2D eigenvalue weighted by molar-refractivity contribution is 7.99. The number of hydrogen-bond donors (Lipinski definition) is 1. The molecule has 1 saturated heterocycles. The predicted octanol–water partition coefficient (Wildman–Crippen LogP) is 1.44. The van der Waals surface area contributed by atoms with Crippen molar-refractivity contribution < 1.29 is 0 Å². The van der Waals surface area contributed by atoms with Crippen LogP contribution in [0.15, 0.2) is 24.3 Å². The fourth-order valence-electron chi connectivity index (χ4n) is 1.92. The smallest absolute Gasteiger partial charge is 0.0991 e. The maximum absolute atomic E-state index is 8.75. The number of nitriles is 1. The Morgan fingerprint density at radius 2 is 2.19 bits per heavy atom. The molecule has 0 aromatic heterocycles. The second kappa shape index (κ2) is 5.24. The molecule has 0 radical (unpaired) electrons. The Kier molecular flexibility index (Phi) is 3.70. The highest BCUT2D eigenvalue weighted by atomic mass is 32.2. The monoisotopic (exact) mass is 233 g/mol. The van der Waals surface area contributed by atoms with Crippen molar-refractivity contribution in [2.75, 3.05) is 29.5 Å². The largest absolute Gasteiger partial charge is 0.366 e. The molecule has 1 aromatic rings. The van der Waals surface area contributed by atoms with Crippen LogP contribution >= 0.6 is 11.8 Å². The van der Waals surface area contributed by atoms with Gasteiger partial charge in [-0.2, -0.15) is 17.0 Å². The minimum Gasteiger partial charge on any atom is -0.366 e. The zero-order valence-corrected chi connectivity index (χ0v) is 9.91. The van der Waals surface area contributed by atoms with Crippen molar-refractivity contribution in [1.82, 2.24) is 0 Å². The van der Waals surface area contributed by atoms with E-state index in [1.54, 1.807) is 0 Å². The molecule has 1 unspecified atom stereocenters. The van der Waals surface area contributed by atoms with E-state index in [0.29, 0.717) is 18.2 Å². The molecule has 0 amide bonds. The molecule has 1 aliphatic rings. The molecule has 16 heavy (non-hydrogen) atoms. The fraction of sp³-hybridized carbons (Fsp3) is 0.417. The van der Waals surface area contributed by atoms with Gasteiger partial charge < -0.3 is 10.6 Å². The van der Waals surface area contributed by atoms with E-state index in [1.165, 1.54) is 5.69 Å². The number of benzene rings is 1. The van der Waals surface area contributed by atoms with Gasteiger partial charge >= 0.3 is 0 Å². The molecule has 0 saturated carbocycles. The summed E-state index contributed by atoms with van der Waals surface area (Å²) in [5.74, 6) is 2.24. The Hall–Kier alpha value is -1.18. The minimum atomic E-state index is 0.423. The van der Waals surface area contributed by atoms with E-state index in [1.807, 2.05) is 36.0 Å². The number of hydrogen-bond acceptors (Lipinski definition) is 4. The van der Waals surface area contributed by atoms with Gasteiger partial charge in [-0.3, -0.25) is 0 Å².